The van der Waals surface area contributed by atoms with Crippen molar-refractivity contribution in [2.24, 2.45) is 0 Å². The second-order valence-corrected chi connectivity index (χ2v) is 8.72. The summed E-state index contributed by atoms with van der Waals surface area (Å²) in [6.45, 7) is 5.27. The fourth-order valence-electron chi connectivity index (χ4n) is 4.00. The highest BCUT2D eigenvalue weighted by Crippen LogP contribution is 2.32. The van der Waals surface area contributed by atoms with Crippen molar-refractivity contribution < 1.29 is 60.0 Å². The minimum absolute atomic E-state index is 0.208. The zero-order chi connectivity index (χ0) is 29.2. The Morgan fingerprint density at radius 2 is 1.69 bits per heavy atom. The molecule has 2 aliphatic rings. The van der Waals surface area contributed by atoms with Crippen molar-refractivity contribution in [2.45, 2.75) is 69.9 Å². The number of rotatable bonds is 6. The van der Waals surface area contributed by atoms with Crippen LogP contribution in [0.25, 0.3) is 0 Å². The Hall–Kier alpha value is -3.17. The average molecular weight is 570 g/mol. The Kier molecular flexibility index (Phi) is 11.7. The summed E-state index contributed by atoms with van der Waals surface area (Å²) in [6.07, 6.45) is -2.68. The van der Waals surface area contributed by atoms with Crippen molar-refractivity contribution >= 4 is 11.9 Å². The van der Waals surface area contributed by atoms with Crippen molar-refractivity contribution in [3.05, 3.63) is 53.7 Å². The first-order valence-corrected chi connectivity index (χ1v) is 11.7. The van der Waals surface area contributed by atoms with E-state index in [-0.39, 0.29) is 6.10 Å². The molecular formula is C24H28F6N2O7. The molecule has 39 heavy (non-hydrogen) atoms. The number of furan rings is 1. The molecule has 0 amide bonds. The molecule has 2 aromatic rings. The van der Waals surface area contributed by atoms with Crippen LogP contribution >= 0.6 is 0 Å². The quantitative estimate of drug-likeness (QED) is 0.481. The highest BCUT2D eigenvalue weighted by Gasteiger charge is 2.40. The Bertz CT molecular complexity index is 1020. The topological polar surface area (TPSA) is 122 Å². The Labute approximate surface area is 219 Å². The summed E-state index contributed by atoms with van der Waals surface area (Å²) >= 11 is 0. The third-order valence-electron chi connectivity index (χ3n) is 5.70. The monoisotopic (exact) mass is 570 g/mol. The normalized spacial score (nSPS) is 21.2. The predicted octanol–water partition coefficient (Wildman–Crippen LogP) is 4.59. The fourth-order valence-corrected chi connectivity index (χ4v) is 4.00. The van der Waals surface area contributed by atoms with Crippen LogP contribution in [-0.2, 0) is 32.2 Å². The van der Waals surface area contributed by atoms with Gasteiger partial charge in [0, 0.05) is 30.4 Å². The van der Waals surface area contributed by atoms with Crippen LogP contribution in [0.1, 0.15) is 36.2 Å². The molecule has 9 nitrogen and oxygen atoms in total. The lowest BCUT2D eigenvalue weighted by atomic mass is 9.99. The summed E-state index contributed by atoms with van der Waals surface area (Å²) in [6, 6.07) is 8.62. The smallest absolute Gasteiger partial charge is 0.475 e. The summed E-state index contributed by atoms with van der Waals surface area (Å²) in [5.41, 5.74) is 3.26. The van der Waals surface area contributed by atoms with E-state index in [1.165, 1.54) is 12.0 Å². The number of fused-ring (bicyclic) bond motifs is 1. The van der Waals surface area contributed by atoms with Crippen molar-refractivity contribution in [2.75, 3.05) is 13.2 Å². The number of halogens is 6. The molecule has 15 heteroatoms. The van der Waals surface area contributed by atoms with Gasteiger partial charge in [0.25, 0.3) is 0 Å². The highest BCUT2D eigenvalue weighted by molar-refractivity contribution is 5.73. The molecule has 2 aromatic heterocycles. The molecule has 0 aromatic carbocycles. The molecule has 0 radical (unpaired) electrons. The molecule has 2 N–H and O–H groups in total. The molecule has 0 spiro atoms. The molecular weight excluding hydrogens is 542 g/mol. The van der Waals surface area contributed by atoms with Gasteiger partial charge in [-0.3, -0.25) is 9.88 Å². The van der Waals surface area contributed by atoms with Crippen LogP contribution in [0.2, 0.25) is 0 Å². The number of aromatic nitrogens is 1. The second-order valence-electron chi connectivity index (χ2n) is 8.72. The highest BCUT2D eigenvalue weighted by atomic mass is 19.4. The van der Waals surface area contributed by atoms with E-state index in [1.54, 1.807) is 6.26 Å². The van der Waals surface area contributed by atoms with Crippen molar-refractivity contribution in [1.29, 1.82) is 0 Å². The third kappa shape index (κ3) is 11.2. The van der Waals surface area contributed by atoms with Gasteiger partial charge in [-0.2, -0.15) is 26.3 Å². The van der Waals surface area contributed by atoms with Crippen molar-refractivity contribution in [1.82, 2.24) is 9.88 Å². The van der Waals surface area contributed by atoms with Gasteiger partial charge in [0.1, 0.15) is 0 Å². The molecule has 2 fully saturated rings. The third-order valence-corrected chi connectivity index (χ3v) is 5.70. The molecule has 0 bridgehead atoms. The number of nitrogens with zero attached hydrogens (tertiary/aromatic N) is 2. The van der Waals surface area contributed by atoms with Crippen molar-refractivity contribution in [3.8, 4) is 0 Å². The largest absolute Gasteiger partial charge is 0.490 e. The lowest BCUT2D eigenvalue weighted by molar-refractivity contribution is -0.193. The Morgan fingerprint density at radius 3 is 2.23 bits per heavy atom. The minimum atomic E-state index is -5.08. The van der Waals surface area contributed by atoms with Crippen LogP contribution in [0, 0.1) is 6.92 Å². The summed E-state index contributed by atoms with van der Waals surface area (Å²) in [4.78, 5) is 24.8. The van der Waals surface area contributed by atoms with Crippen LogP contribution in [0.4, 0.5) is 26.3 Å². The number of aryl methyl sites for hydroxylation is 1. The number of ether oxygens (including phenoxy) is 2. The summed E-state index contributed by atoms with van der Waals surface area (Å²) in [7, 11) is 0. The number of pyridine rings is 1. The van der Waals surface area contributed by atoms with Gasteiger partial charge in [0.05, 0.1) is 43.6 Å². The molecule has 2 aliphatic heterocycles. The number of carbonyl (C=O) groups is 2. The number of likely N-dealkylation sites (tertiary alicyclic amines) is 1. The molecule has 2 saturated heterocycles. The summed E-state index contributed by atoms with van der Waals surface area (Å²) < 4.78 is 80.8. The number of hydrogen-bond acceptors (Lipinski definition) is 7. The van der Waals surface area contributed by atoms with Gasteiger partial charge >= 0.3 is 24.3 Å². The zero-order valence-electron chi connectivity index (χ0n) is 20.7. The van der Waals surface area contributed by atoms with E-state index in [0.717, 1.165) is 37.3 Å². The predicted molar refractivity (Wildman–Crippen MR) is 121 cm³/mol. The van der Waals surface area contributed by atoms with Gasteiger partial charge in [-0.05, 0) is 44.4 Å². The number of alkyl halides is 6. The number of aliphatic carboxylic acids is 2. The first kappa shape index (κ1) is 32.0. The van der Waals surface area contributed by atoms with E-state index >= 15 is 0 Å². The average Bonchev–Trinajstić information content (AvgIpc) is 3.49. The Balaban J connectivity index is 0.000000317. The van der Waals surface area contributed by atoms with Gasteiger partial charge in [-0.15, -0.1) is 0 Å². The standard InChI is InChI=1S/C20H26N2O3.2C2HF3O2/c1-15-3-2-4-17(21-15)13-24-14-18-5-6-19-20(25-18)7-9-22(19)11-16-8-10-23-12-16;2*3-2(4,5)1(6)7/h2-4,8,10,12,18-20H,5-7,9,11,13-14H2,1H3;2*(H,6,7)/t18-,19-,20-;;/m0../s1. The maximum Gasteiger partial charge on any atom is 0.490 e. The maximum absolute atomic E-state index is 10.6. The summed E-state index contributed by atoms with van der Waals surface area (Å²) in [5, 5.41) is 14.2. The molecule has 218 valence electrons. The second kappa shape index (κ2) is 14.3. The van der Waals surface area contributed by atoms with Crippen LogP contribution in [0.15, 0.2) is 41.2 Å². The van der Waals surface area contributed by atoms with E-state index in [1.807, 2.05) is 37.5 Å². The van der Waals surface area contributed by atoms with Crippen LogP contribution in [0.3, 0.4) is 0 Å². The number of hydrogen-bond donors (Lipinski definition) is 2. The molecule has 0 aliphatic carbocycles. The SMILES string of the molecule is Cc1cccc(COC[C@@H]2CC[C@H]3[C@H](CCN3Cc3ccoc3)O2)n1.O=C(O)C(F)(F)F.O=C(O)C(F)(F)F. The number of carboxylic acids is 2. The fraction of sp³-hybridized carbons (Fsp3) is 0.542. The van der Waals surface area contributed by atoms with Gasteiger partial charge in [0.15, 0.2) is 0 Å². The lowest BCUT2D eigenvalue weighted by Gasteiger charge is -2.35. The van der Waals surface area contributed by atoms with E-state index in [4.69, 9.17) is 33.7 Å². The molecule has 4 heterocycles. The molecule has 0 unspecified atom stereocenters. The number of carboxylic acid groups (broad SMARTS) is 2. The molecule has 4 rings (SSSR count). The first-order chi connectivity index (χ1) is 18.2. The van der Waals surface area contributed by atoms with Gasteiger partial charge < -0.3 is 24.1 Å². The Morgan fingerprint density at radius 1 is 1.05 bits per heavy atom. The van der Waals surface area contributed by atoms with E-state index in [9.17, 15) is 26.3 Å². The summed E-state index contributed by atoms with van der Waals surface area (Å²) in [5.74, 6) is -5.51. The van der Waals surface area contributed by atoms with Crippen LogP contribution in [-0.4, -0.2) is 75.8 Å². The molecule has 0 saturated carbocycles. The maximum atomic E-state index is 10.6. The minimum Gasteiger partial charge on any atom is -0.475 e. The molecule has 3 atom stereocenters. The van der Waals surface area contributed by atoms with Gasteiger partial charge in [-0.25, -0.2) is 9.59 Å². The zero-order valence-corrected chi connectivity index (χ0v) is 20.7. The van der Waals surface area contributed by atoms with E-state index in [0.29, 0.717) is 25.4 Å². The van der Waals surface area contributed by atoms with Crippen LogP contribution < -0.4 is 0 Å². The van der Waals surface area contributed by atoms with E-state index in [2.05, 4.69) is 9.88 Å². The van der Waals surface area contributed by atoms with Gasteiger partial charge in [-0.1, -0.05) is 6.07 Å². The van der Waals surface area contributed by atoms with Crippen molar-refractivity contribution in [3.63, 3.8) is 0 Å². The van der Waals surface area contributed by atoms with Gasteiger partial charge in [0.2, 0.25) is 0 Å². The lowest BCUT2D eigenvalue weighted by Crippen LogP contribution is -2.43. The van der Waals surface area contributed by atoms with E-state index < -0.39 is 24.3 Å². The first-order valence-electron chi connectivity index (χ1n) is 11.7. The van der Waals surface area contributed by atoms with Crippen LogP contribution in [0.5, 0.6) is 0 Å².